The third kappa shape index (κ3) is 3.99. The van der Waals surface area contributed by atoms with Gasteiger partial charge < -0.3 is 4.90 Å². The Bertz CT molecular complexity index is 1050. The Kier molecular flexibility index (Phi) is 5.29. The molecule has 156 valence electrons. The van der Waals surface area contributed by atoms with Gasteiger partial charge in [0.2, 0.25) is 0 Å². The second-order valence-electron chi connectivity index (χ2n) is 8.76. The molecule has 1 aliphatic carbocycles. The molecule has 0 N–H and O–H groups in total. The van der Waals surface area contributed by atoms with Crippen LogP contribution in [0.2, 0.25) is 0 Å². The predicted octanol–water partition coefficient (Wildman–Crippen LogP) is 3.19. The molecule has 4 heterocycles. The number of nitrogens with zero attached hydrogens (tertiary/aromatic N) is 6. The Hall–Kier alpha value is -2.67. The van der Waals surface area contributed by atoms with Crippen molar-refractivity contribution in [3.63, 3.8) is 0 Å². The first-order valence-corrected chi connectivity index (χ1v) is 11.0. The van der Waals surface area contributed by atoms with Crippen LogP contribution in [0, 0.1) is 5.92 Å². The summed E-state index contributed by atoms with van der Waals surface area (Å²) in [5.41, 5.74) is 2.35. The van der Waals surface area contributed by atoms with Gasteiger partial charge in [-0.15, -0.1) is 5.10 Å². The standard InChI is InChI=1S/C23H28N6O/c1-28-15-22(26-27-28)21-11-17-10-19(24-13-18(17)14-25-21)12-23(30)16-4-6-20(7-5-16)29-8-2-3-9-29/h10-11,13-16,20H,2-9,12H2,1H3. The summed E-state index contributed by atoms with van der Waals surface area (Å²) in [4.78, 5) is 24.6. The van der Waals surface area contributed by atoms with E-state index in [1.807, 2.05) is 31.6 Å². The summed E-state index contributed by atoms with van der Waals surface area (Å²) in [7, 11) is 1.84. The Morgan fingerprint density at radius 2 is 1.77 bits per heavy atom. The smallest absolute Gasteiger partial charge is 0.141 e. The monoisotopic (exact) mass is 404 g/mol. The van der Waals surface area contributed by atoms with E-state index in [2.05, 4.69) is 25.2 Å². The molecule has 1 aliphatic heterocycles. The molecule has 7 heteroatoms. The largest absolute Gasteiger partial charge is 0.300 e. The van der Waals surface area contributed by atoms with Crippen LogP contribution in [0.15, 0.2) is 30.7 Å². The Labute approximate surface area is 176 Å². The molecule has 0 aromatic carbocycles. The molecule has 2 fully saturated rings. The van der Waals surface area contributed by atoms with E-state index < -0.39 is 0 Å². The van der Waals surface area contributed by atoms with Crippen LogP contribution in [-0.4, -0.2) is 54.8 Å². The van der Waals surface area contributed by atoms with Gasteiger partial charge in [-0.25, -0.2) is 0 Å². The average molecular weight is 405 g/mol. The maximum Gasteiger partial charge on any atom is 0.141 e. The van der Waals surface area contributed by atoms with Crippen LogP contribution in [0.4, 0.5) is 0 Å². The van der Waals surface area contributed by atoms with Gasteiger partial charge in [0.15, 0.2) is 0 Å². The van der Waals surface area contributed by atoms with Crippen LogP contribution in [0.3, 0.4) is 0 Å². The quantitative estimate of drug-likeness (QED) is 0.650. The minimum absolute atomic E-state index is 0.189. The molecule has 0 bridgehead atoms. The van der Waals surface area contributed by atoms with Gasteiger partial charge in [0.1, 0.15) is 11.5 Å². The van der Waals surface area contributed by atoms with Gasteiger partial charge in [0.25, 0.3) is 0 Å². The zero-order chi connectivity index (χ0) is 20.5. The number of fused-ring (bicyclic) bond motifs is 1. The lowest BCUT2D eigenvalue weighted by atomic mass is 9.82. The SMILES string of the molecule is Cn1cc(-c2cc3cc(CC(=O)C4CCC(N5CCCC5)CC4)ncc3cn2)nn1. The van der Waals surface area contributed by atoms with Crippen LogP contribution in [0.1, 0.15) is 44.2 Å². The number of carbonyl (C=O) groups is 1. The van der Waals surface area contributed by atoms with E-state index in [9.17, 15) is 4.79 Å². The summed E-state index contributed by atoms with van der Waals surface area (Å²) in [6.45, 7) is 2.49. The summed E-state index contributed by atoms with van der Waals surface area (Å²) in [5, 5.41) is 10.1. The fourth-order valence-electron chi connectivity index (χ4n) is 4.98. The molecule has 0 radical (unpaired) electrons. The van der Waals surface area contributed by atoms with Gasteiger partial charge in [-0.1, -0.05) is 5.21 Å². The second kappa shape index (κ2) is 8.22. The molecule has 0 amide bonds. The maximum absolute atomic E-state index is 12.9. The van der Waals surface area contributed by atoms with Crippen molar-refractivity contribution in [2.75, 3.05) is 13.1 Å². The Morgan fingerprint density at radius 3 is 2.50 bits per heavy atom. The van der Waals surface area contributed by atoms with Crippen molar-refractivity contribution < 1.29 is 4.79 Å². The molecule has 1 saturated heterocycles. The number of likely N-dealkylation sites (tertiary alicyclic amines) is 1. The zero-order valence-corrected chi connectivity index (χ0v) is 17.5. The molecule has 3 aromatic heterocycles. The number of ketones is 1. The maximum atomic E-state index is 12.9. The summed E-state index contributed by atoms with van der Waals surface area (Å²) in [6, 6.07) is 4.71. The van der Waals surface area contributed by atoms with Crippen molar-refractivity contribution in [2.45, 2.75) is 51.0 Å². The van der Waals surface area contributed by atoms with Gasteiger partial charge in [-0.05, 0) is 69.1 Å². The number of aromatic nitrogens is 5. The summed E-state index contributed by atoms with van der Waals surface area (Å²) < 4.78 is 1.66. The lowest BCUT2D eigenvalue weighted by molar-refractivity contribution is -0.123. The van der Waals surface area contributed by atoms with Gasteiger partial charge >= 0.3 is 0 Å². The van der Waals surface area contributed by atoms with Crippen molar-refractivity contribution in [3.05, 3.63) is 36.4 Å². The fourth-order valence-corrected chi connectivity index (χ4v) is 4.98. The molecule has 7 nitrogen and oxygen atoms in total. The number of hydrogen-bond donors (Lipinski definition) is 0. The number of carbonyl (C=O) groups excluding carboxylic acids is 1. The highest BCUT2D eigenvalue weighted by molar-refractivity contribution is 5.87. The molecule has 2 aliphatic rings. The van der Waals surface area contributed by atoms with E-state index in [0.717, 1.165) is 53.5 Å². The first-order valence-electron chi connectivity index (χ1n) is 11.0. The van der Waals surface area contributed by atoms with Crippen LogP contribution in [0.5, 0.6) is 0 Å². The minimum Gasteiger partial charge on any atom is -0.300 e. The van der Waals surface area contributed by atoms with E-state index in [1.54, 1.807) is 10.9 Å². The lowest BCUT2D eigenvalue weighted by Crippen LogP contribution is -2.37. The van der Waals surface area contributed by atoms with Crippen LogP contribution < -0.4 is 0 Å². The van der Waals surface area contributed by atoms with Crippen LogP contribution in [-0.2, 0) is 18.3 Å². The summed E-state index contributed by atoms with van der Waals surface area (Å²) in [5.74, 6) is 0.527. The number of Topliss-reactive ketones (excluding diaryl/α,β-unsaturated/α-hetero) is 1. The van der Waals surface area contributed by atoms with Crippen LogP contribution in [0.25, 0.3) is 22.2 Å². The molecular formula is C23H28N6O. The molecular weight excluding hydrogens is 376 g/mol. The second-order valence-corrected chi connectivity index (χ2v) is 8.76. The zero-order valence-electron chi connectivity index (χ0n) is 17.5. The van der Waals surface area contributed by atoms with Crippen molar-refractivity contribution in [1.29, 1.82) is 0 Å². The average Bonchev–Trinajstić information content (AvgIpc) is 3.45. The highest BCUT2D eigenvalue weighted by Crippen LogP contribution is 2.31. The Balaban J connectivity index is 1.26. The summed E-state index contributed by atoms with van der Waals surface area (Å²) >= 11 is 0. The van der Waals surface area contributed by atoms with Crippen molar-refractivity contribution in [2.24, 2.45) is 13.0 Å². The van der Waals surface area contributed by atoms with Gasteiger partial charge in [-0.3, -0.25) is 19.4 Å². The van der Waals surface area contributed by atoms with Gasteiger partial charge in [-0.2, -0.15) is 0 Å². The number of hydrogen-bond acceptors (Lipinski definition) is 6. The van der Waals surface area contributed by atoms with E-state index in [-0.39, 0.29) is 5.92 Å². The number of aryl methyl sites for hydroxylation is 1. The molecule has 5 rings (SSSR count). The van der Waals surface area contributed by atoms with Gasteiger partial charge in [0, 0.05) is 48.9 Å². The molecule has 0 spiro atoms. The van der Waals surface area contributed by atoms with E-state index in [4.69, 9.17) is 0 Å². The van der Waals surface area contributed by atoms with E-state index in [0.29, 0.717) is 18.2 Å². The first-order chi connectivity index (χ1) is 14.7. The molecule has 0 unspecified atom stereocenters. The van der Waals surface area contributed by atoms with E-state index in [1.165, 1.54) is 25.9 Å². The highest BCUT2D eigenvalue weighted by atomic mass is 16.1. The van der Waals surface area contributed by atoms with Gasteiger partial charge in [0.05, 0.1) is 11.9 Å². The summed E-state index contributed by atoms with van der Waals surface area (Å²) in [6.07, 6.45) is 12.9. The van der Waals surface area contributed by atoms with Crippen molar-refractivity contribution in [3.8, 4) is 11.4 Å². The highest BCUT2D eigenvalue weighted by Gasteiger charge is 2.30. The third-order valence-electron chi connectivity index (χ3n) is 6.69. The minimum atomic E-state index is 0.189. The number of pyridine rings is 2. The third-order valence-corrected chi connectivity index (χ3v) is 6.69. The fraction of sp³-hybridized carbons (Fsp3) is 0.522. The first kappa shape index (κ1) is 19.3. The van der Waals surface area contributed by atoms with E-state index >= 15 is 0 Å². The predicted molar refractivity (Wildman–Crippen MR) is 115 cm³/mol. The number of rotatable bonds is 5. The molecule has 0 atom stereocenters. The molecule has 30 heavy (non-hydrogen) atoms. The lowest BCUT2D eigenvalue weighted by Gasteiger charge is -2.34. The van der Waals surface area contributed by atoms with Crippen LogP contribution >= 0.6 is 0 Å². The van der Waals surface area contributed by atoms with Crippen molar-refractivity contribution >= 4 is 16.6 Å². The van der Waals surface area contributed by atoms with Crippen molar-refractivity contribution in [1.82, 2.24) is 29.9 Å². The Morgan fingerprint density at radius 1 is 1.00 bits per heavy atom. The normalized spacial score (nSPS) is 22.6. The molecule has 3 aromatic rings. The molecule has 1 saturated carbocycles. The topological polar surface area (TPSA) is 76.8 Å².